The van der Waals surface area contributed by atoms with Crippen LogP contribution in [-0.2, 0) is 11.3 Å². The standard InChI is InChI=1S/C16H18ClN3O2/c1-11(20-13-7-8-15(22-2)18-10-13)16(21)19-9-12-5-3-4-6-14(12)17/h3-8,10-11,20H,9H2,1-2H3,(H,19,21)/t11-/m1/s1. The minimum atomic E-state index is -0.391. The third-order valence-corrected chi connectivity index (χ3v) is 3.50. The van der Waals surface area contributed by atoms with Crippen molar-refractivity contribution in [2.75, 3.05) is 12.4 Å². The highest BCUT2D eigenvalue weighted by atomic mass is 35.5. The minimum Gasteiger partial charge on any atom is -0.481 e. The van der Waals surface area contributed by atoms with Gasteiger partial charge in [0, 0.05) is 17.6 Å². The van der Waals surface area contributed by atoms with Crippen LogP contribution in [0.4, 0.5) is 5.69 Å². The number of halogens is 1. The number of nitrogens with one attached hydrogen (secondary N) is 2. The van der Waals surface area contributed by atoms with Gasteiger partial charge in [0.25, 0.3) is 0 Å². The number of nitrogens with zero attached hydrogens (tertiary/aromatic N) is 1. The smallest absolute Gasteiger partial charge is 0.242 e. The second-order valence-electron chi connectivity index (χ2n) is 4.76. The fourth-order valence-electron chi connectivity index (χ4n) is 1.88. The highest BCUT2D eigenvalue weighted by Crippen LogP contribution is 2.15. The summed E-state index contributed by atoms with van der Waals surface area (Å²) in [6, 6.07) is 10.6. The van der Waals surface area contributed by atoms with E-state index in [0.717, 1.165) is 11.3 Å². The number of anilines is 1. The van der Waals surface area contributed by atoms with E-state index in [4.69, 9.17) is 16.3 Å². The first kappa shape index (κ1) is 16.1. The molecule has 0 aliphatic rings. The summed E-state index contributed by atoms with van der Waals surface area (Å²) in [5.74, 6) is 0.414. The molecule has 2 N–H and O–H groups in total. The molecule has 0 unspecified atom stereocenters. The quantitative estimate of drug-likeness (QED) is 0.859. The Morgan fingerprint density at radius 3 is 2.73 bits per heavy atom. The monoisotopic (exact) mass is 319 g/mol. The average molecular weight is 320 g/mol. The lowest BCUT2D eigenvalue weighted by Gasteiger charge is -2.15. The predicted molar refractivity (Wildman–Crippen MR) is 87.2 cm³/mol. The first-order valence-corrected chi connectivity index (χ1v) is 7.25. The van der Waals surface area contributed by atoms with Crippen LogP contribution < -0.4 is 15.4 Å². The molecule has 0 saturated heterocycles. The van der Waals surface area contributed by atoms with Crippen LogP contribution in [0, 0.1) is 0 Å². The summed E-state index contributed by atoms with van der Waals surface area (Å²) in [6.07, 6.45) is 1.62. The second kappa shape index (κ2) is 7.66. The number of rotatable bonds is 6. The number of ether oxygens (including phenoxy) is 1. The van der Waals surface area contributed by atoms with Gasteiger partial charge in [-0.2, -0.15) is 0 Å². The van der Waals surface area contributed by atoms with Crippen LogP contribution in [0.25, 0.3) is 0 Å². The van der Waals surface area contributed by atoms with E-state index in [1.54, 1.807) is 32.4 Å². The normalized spacial score (nSPS) is 11.6. The van der Waals surface area contributed by atoms with Crippen molar-refractivity contribution < 1.29 is 9.53 Å². The molecular formula is C16H18ClN3O2. The number of carbonyl (C=O) groups excluding carboxylic acids is 1. The Morgan fingerprint density at radius 2 is 2.09 bits per heavy atom. The van der Waals surface area contributed by atoms with Gasteiger partial charge in [0.2, 0.25) is 11.8 Å². The number of hydrogen-bond donors (Lipinski definition) is 2. The van der Waals surface area contributed by atoms with E-state index >= 15 is 0 Å². The molecule has 1 aromatic carbocycles. The molecule has 0 bridgehead atoms. The van der Waals surface area contributed by atoms with E-state index in [0.29, 0.717) is 17.4 Å². The fraction of sp³-hybridized carbons (Fsp3) is 0.250. The van der Waals surface area contributed by atoms with Gasteiger partial charge in [-0.15, -0.1) is 0 Å². The van der Waals surface area contributed by atoms with Crippen LogP contribution >= 0.6 is 11.6 Å². The van der Waals surface area contributed by atoms with Crippen molar-refractivity contribution in [2.24, 2.45) is 0 Å². The molecule has 116 valence electrons. The van der Waals surface area contributed by atoms with Gasteiger partial charge in [-0.3, -0.25) is 4.79 Å². The Kier molecular flexibility index (Phi) is 5.61. The fourth-order valence-corrected chi connectivity index (χ4v) is 2.08. The molecule has 2 aromatic rings. The molecule has 0 radical (unpaired) electrons. The number of benzene rings is 1. The Labute approximate surface area is 134 Å². The van der Waals surface area contributed by atoms with Crippen molar-refractivity contribution in [2.45, 2.75) is 19.5 Å². The molecule has 0 saturated carbocycles. The summed E-state index contributed by atoms with van der Waals surface area (Å²) in [5.41, 5.74) is 1.64. The molecule has 6 heteroatoms. The first-order chi connectivity index (χ1) is 10.6. The van der Waals surface area contributed by atoms with Gasteiger partial charge >= 0.3 is 0 Å². The van der Waals surface area contributed by atoms with Crippen LogP contribution in [-0.4, -0.2) is 24.0 Å². The van der Waals surface area contributed by atoms with Gasteiger partial charge in [0.15, 0.2) is 0 Å². The lowest BCUT2D eigenvalue weighted by Crippen LogP contribution is -2.37. The van der Waals surface area contributed by atoms with E-state index in [1.165, 1.54) is 0 Å². The highest BCUT2D eigenvalue weighted by Gasteiger charge is 2.13. The number of pyridine rings is 1. The maximum absolute atomic E-state index is 12.1. The van der Waals surface area contributed by atoms with Gasteiger partial charge in [-0.05, 0) is 24.6 Å². The predicted octanol–water partition coefficient (Wildman–Crippen LogP) is 2.86. The zero-order chi connectivity index (χ0) is 15.9. The van der Waals surface area contributed by atoms with E-state index in [9.17, 15) is 4.79 Å². The van der Waals surface area contributed by atoms with Crippen LogP contribution in [0.15, 0.2) is 42.6 Å². The number of hydrogen-bond acceptors (Lipinski definition) is 4. The van der Waals surface area contributed by atoms with E-state index < -0.39 is 6.04 Å². The molecule has 1 amide bonds. The van der Waals surface area contributed by atoms with E-state index in [-0.39, 0.29) is 5.91 Å². The van der Waals surface area contributed by atoms with E-state index in [1.807, 2.05) is 24.3 Å². The Morgan fingerprint density at radius 1 is 1.32 bits per heavy atom. The van der Waals surface area contributed by atoms with Crippen molar-refractivity contribution in [3.63, 3.8) is 0 Å². The van der Waals surface area contributed by atoms with Crippen LogP contribution in [0.1, 0.15) is 12.5 Å². The minimum absolute atomic E-state index is 0.115. The van der Waals surface area contributed by atoms with Crippen molar-refractivity contribution in [3.05, 3.63) is 53.2 Å². The summed E-state index contributed by atoms with van der Waals surface area (Å²) in [6.45, 7) is 2.18. The molecule has 0 aliphatic carbocycles. The first-order valence-electron chi connectivity index (χ1n) is 6.88. The number of aromatic nitrogens is 1. The molecule has 1 heterocycles. The highest BCUT2D eigenvalue weighted by molar-refractivity contribution is 6.31. The second-order valence-corrected chi connectivity index (χ2v) is 5.17. The van der Waals surface area contributed by atoms with Gasteiger partial charge in [0.1, 0.15) is 6.04 Å². The van der Waals surface area contributed by atoms with Crippen molar-refractivity contribution >= 4 is 23.2 Å². The molecule has 5 nitrogen and oxygen atoms in total. The topological polar surface area (TPSA) is 63.2 Å². The molecule has 22 heavy (non-hydrogen) atoms. The maximum atomic E-state index is 12.1. The van der Waals surface area contributed by atoms with Crippen molar-refractivity contribution in [3.8, 4) is 5.88 Å². The Bertz CT molecular complexity index is 632. The number of carbonyl (C=O) groups is 1. The third-order valence-electron chi connectivity index (χ3n) is 3.13. The van der Waals surface area contributed by atoms with Crippen LogP contribution in [0.2, 0.25) is 5.02 Å². The summed E-state index contributed by atoms with van der Waals surface area (Å²) < 4.78 is 4.99. The Hall–Kier alpha value is -2.27. The summed E-state index contributed by atoms with van der Waals surface area (Å²) in [5, 5.41) is 6.57. The van der Waals surface area contributed by atoms with Crippen LogP contribution in [0.5, 0.6) is 5.88 Å². The van der Waals surface area contributed by atoms with Gasteiger partial charge in [-0.25, -0.2) is 4.98 Å². The molecule has 1 atom stereocenters. The number of amides is 1. The summed E-state index contributed by atoms with van der Waals surface area (Å²) in [4.78, 5) is 16.2. The zero-order valence-corrected chi connectivity index (χ0v) is 13.2. The molecule has 0 aliphatic heterocycles. The summed E-state index contributed by atoms with van der Waals surface area (Å²) >= 11 is 6.06. The van der Waals surface area contributed by atoms with Crippen LogP contribution in [0.3, 0.4) is 0 Å². The van der Waals surface area contributed by atoms with E-state index in [2.05, 4.69) is 15.6 Å². The molecule has 2 rings (SSSR count). The van der Waals surface area contributed by atoms with Gasteiger partial charge < -0.3 is 15.4 Å². The lowest BCUT2D eigenvalue weighted by atomic mass is 10.2. The molecule has 0 fully saturated rings. The van der Waals surface area contributed by atoms with Crippen molar-refractivity contribution in [1.29, 1.82) is 0 Å². The maximum Gasteiger partial charge on any atom is 0.242 e. The lowest BCUT2D eigenvalue weighted by molar-refractivity contribution is -0.121. The Balaban J connectivity index is 1.87. The SMILES string of the molecule is COc1ccc(N[C@H](C)C(=O)NCc2ccccc2Cl)cn1. The molecule has 0 spiro atoms. The van der Waals surface area contributed by atoms with Gasteiger partial charge in [0.05, 0.1) is 19.0 Å². The van der Waals surface area contributed by atoms with Gasteiger partial charge in [-0.1, -0.05) is 29.8 Å². The molecular weight excluding hydrogens is 302 g/mol. The third kappa shape index (κ3) is 4.36. The average Bonchev–Trinajstić information content (AvgIpc) is 2.54. The largest absolute Gasteiger partial charge is 0.481 e. The number of methoxy groups -OCH3 is 1. The van der Waals surface area contributed by atoms with Crippen molar-refractivity contribution in [1.82, 2.24) is 10.3 Å². The summed E-state index contributed by atoms with van der Waals surface area (Å²) in [7, 11) is 1.56. The molecule has 1 aromatic heterocycles. The zero-order valence-electron chi connectivity index (χ0n) is 12.5.